The van der Waals surface area contributed by atoms with Gasteiger partial charge in [0.2, 0.25) is 5.71 Å². The maximum atomic E-state index is 8.04. The fourth-order valence-electron chi connectivity index (χ4n) is 3.61. The third kappa shape index (κ3) is 2.24. The van der Waals surface area contributed by atoms with Crippen LogP contribution in [0.1, 0.15) is 29.2 Å². The average Bonchev–Trinajstić information content (AvgIpc) is 3.37. The molecule has 0 aliphatic carbocycles. The molecule has 0 aliphatic heterocycles. The molecule has 0 aliphatic rings. The lowest BCUT2D eigenvalue weighted by molar-refractivity contribution is 0.652. The Balaban J connectivity index is 1.69. The van der Waals surface area contributed by atoms with E-state index in [1.54, 1.807) is 12.1 Å². The lowest BCUT2D eigenvalue weighted by Crippen LogP contribution is -1.91. The summed E-state index contributed by atoms with van der Waals surface area (Å²) in [5.41, 5.74) is 0.999. The number of hydrogen-bond acceptors (Lipinski definition) is 5. The number of hydrogen-bond donors (Lipinski definition) is 0. The number of aromatic nitrogens is 3. The fraction of sp³-hybridized carbons (Fsp3) is 0.125. The molecule has 5 heteroatoms. The normalized spacial score (nSPS) is 17.9. The maximum Gasteiger partial charge on any atom is 0.228 e. The number of aryl methyl sites for hydroxylation is 3. The smallest absolute Gasteiger partial charge is 0.228 e. The van der Waals surface area contributed by atoms with Crippen molar-refractivity contribution in [3.05, 3.63) is 65.6 Å². The van der Waals surface area contributed by atoms with E-state index >= 15 is 0 Å². The number of benzene rings is 1. The molecule has 0 spiro atoms. The molecule has 140 valence electrons. The third-order valence-corrected chi connectivity index (χ3v) is 4.99. The predicted molar refractivity (Wildman–Crippen MR) is 114 cm³/mol. The average molecular weight is 388 g/mol. The first-order chi connectivity index (χ1) is 17.7. The first kappa shape index (κ1) is 9.65. The minimum atomic E-state index is -2.74. The van der Waals surface area contributed by atoms with E-state index in [4.69, 9.17) is 21.2 Å². The molecule has 6 rings (SSSR count). The van der Waals surface area contributed by atoms with E-state index < -0.39 is 31.7 Å². The van der Waals surface area contributed by atoms with E-state index in [1.165, 1.54) is 6.20 Å². The molecule has 1 aromatic carbocycles. The van der Waals surface area contributed by atoms with Crippen molar-refractivity contribution in [3.63, 3.8) is 0 Å². The molecule has 0 saturated carbocycles. The first-order valence-corrected chi connectivity index (χ1v) is 8.79. The van der Waals surface area contributed by atoms with Crippen LogP contribution >= 0.6 is 0 Å². The Morgan fingerprint density at radius 1 is 0.862 bits per heavy atom. The zero-order chi connectivity index (χ0) is 27.2. The Bertz CT molecular complexity index is 1900. The molecular weight excluding hydrogens is 362 g/mol. The predicted octanol–water partition coefficient (Wildman–Crippen LogP) is 6.26. The topological polar surface area (TPSA) is 65.0 Å². The SMILES string of the molecule is [2H]C([2H])([2H])c1cnc(-c2cnc(C([2H])([2H])[2H])c3c2oc2nc4c(cc23)oc2ccccc24)cc1C([2H])([2H])[2H]. The first-order valence-electron chi connectivity index (χ1n) is 13.3. The van der Waals surface area contributed by atoms with Gasteiger partial charge in [0.1, 0.15) is 16.7 Å². The standard InChI is InChI=1S/C24H17N3O2/c1-12-8-18(26-10-13(12)2)17-11-25-14(3)21-16-9-20-22(27-24(16)29-23(17)21)15-6-4-5-7-19(15)28-20/h4-11H,1-3H3/i1D3,2D3,3D3. The summed E-state index contributed by atoms with van der Waals surface area (Å²) in [5, 5.41) is 1.26. The van der Waals surface area contributed by atoms with E-state index in [9.17, 15) is 0 Å². The molecule has 6 aromatic rings. The van der Waals surface area contributed by atoms with Crippen LogP contribution in [0.3, 0.4) is 0 Å². The maximum absolute atomic E-state index is 8.04. The van der Waals surface area contributed by atoms with Gasteiger partial charge in [-0.25, -0.2) is 4.98 Å². The van der Waals surface area contributed by atoms with Crippen LogP contribution in [0.4, 0.5) is 0 Å². The number of furan rings is 2. The summed E-state index contributed by atoms with van der Waals surface area (Å²) in [7, 11) is 0. The highest BCUT2D eigenvalue weighted by Crippen LogP contribution is 2.38. The van der Waals surface area contributed by atoms with Gasteiger partial charge < -0.3 is 8.83 Å². The highest BCUT2D eigenvalue weighted by Gasteiger charge is 2.19. The van der Waals surface area contributed by atoms with Crippen molar-refractivity contribution in [1.82, 2.24) is 15.0 Å². The second kappa shape index (κ2) is 5.64. The number of pyridine rings is 3. The molecule has 5 nitrogen and oxygen atoms in total. The molecule has 0 saturated heterocycles. The van der Waals surface area contributed by atoms with Crippen LogP contribution in [0.15, 0.2) is 57.6 Å². The number of fused-ring (bicyclic) bond motifs is 6. The zero-order valence-corrected chi connectivity index (χ0v) is 14.8. The van der Waals surface area contributed by atoms with E-state index in [0.29, 0.717) is 22.1 Å². The van der Waals surface area contributed by atoms with Crippen molar-refractivity contribution < 1.29 is 21.2 Å². The summed E-state index contributed by atoms with van der Waals surface area (Å²) in [6, 6.07) is 10.1. The van der Waals surface area contributed by atoms with Gasteiger partial charge >= 0.3 is 0 Å². The minimum absolute atomic E-state index is 0.0620. The second-order valence-electron chi connectivity index (χ2n) is 6.73. The molecule has 5 aromatic heterocycles. The van der Waals surface area contributed by atoms with E-state index in [-0.39, 0.29) is 33.6 Å². The third-order valence-electron chi connectivity index (χ3n) is 4.99. The van der Waals surface area contributed by atoms with Gasteiger partial charge in [0, 0.05) is 35.8 Å². The van der Waals surface area contributed by atoms with Crippen molar-refractivity contribution in [1.29, 1.82) is 0 Å². The van der Waals surface area contributed by atoms with Gasteiger partial charge in [0.15, 0.2) is 5.58 Å². The van der Waals surface area contributed by atoms with Gasteiger partial charge in [-0.15, -0.1) is 0 Å². The van der Waals surface area contributed by atoms with E-state index in [2.05, 4.69) is 15.0 Å². The van der Waals surface area contributed by atoms with Gasteiger partial charge in [-0.1, -0.05) is 12.1 Å². The monoisotopic (exact) mass is 388 g/mol. The fourth-order valence-corrected chi connectivity index (χ4v) is 3.61. The number of rotatable bonds is 1. The largest absolute Gasteiger partial charge is 0.454 e. The van der Waals surface area contributed by atoms with Gasteiger partial charge in [-0.05, 0) is 55.9 Å². The van der Waals surface area contributed by atoms with Crippen LogP contribution in [0.25, 0.3) is 55.4 Å². The van der Waals surface area contributed by atoms with E-state index in [0.717, 1.165) is 17.6 Å². The Kier molecular flexibility index (Phi) is 1.88. The van der Waals surface area contributed by atoms with Crippen molar-refractivity contribution in [2.75, 3.05) is 0 Å². The minimum Gasteiger partial charge on any atom is -0.454 e. The molecule has 0 fully saturated rings. The summed E-state index contributed by atoms with van der Waals surface area (Å²) < 4.78 is 82.9. The van der Waals surface area contributed by atoms with Crippen LogP contribution in [-0.4, -0.2) is 15.0 Å². The van der Waals surface area contributed by atoms with Gasteiger partial charge in [-0.3, -0.25) is 9.97 Å². The second-order valence-corrected chi connectivity index (χ2v) is 6.73. The van der Waals surface area contributed by atoms with Crippen LogP contribution in [0.5, 0.6) is 0 Å². The van der Waals surface area contributed by atoms with Crippen LogP contribution in [0, 0.1) is 20.6 Å². The Morgan fingerprint density at radius 2 is 1.79 bits per heavy atom. The van der Waals surface area contributed by atoms with Crippen molar-refractivity contribution in [2.45, 2.75) is 20.6 Å². The van der Waals surface area contributed by atoms with Crippen LogP contribution < -0.4 is 0 Å². The summed E-state index contributed by atoms with van der Waals surface area (Å²) in [6.07, 6.45) is 2.22. The number of para-hydroxylation sites is 1. The lowest BCUT2D eigenvalue weighted by atomic mass is 10.1. The van der Waals surface area contributed by atoms with Crippen molar-refractivity contribution in [2.24, 2.45) is 0 Å². The zero-order valence-electron chi connectivity index (χ0n) is 23.8. The summed E-state index contributed by atoms with van der Waals surface area (Å²) in [6.45, 7) is -8.06. The summed E-state index contributed by atoms with van der Waals surface area (Å²) in [5.74, 6) is 0. The summed E-state index contributed by atoms with van der Waals surface area (Å²) >= 11 is 0. The molecule has 0 bridgehead atoms. The molecule has 5 heterocycles. The molecule has 0 radical (unpaired) electrons. The quantitative estimate of drug-likeness (QED) is 0.332. The van der Waals surface area contributed by atoms with Crippen molar-refractivity contribution in [3.8, 4) is 11.3 Å². The molecule has 0 unspecified atom stereocenters. The molecule has 0 atom stereocenters. The van der Waals surface area contributed by atoms with Gasteiger partial charge in [-0.2, -0.15) is 0 Å². The molecule has 0 amide bonds. The van der Waals surface area contributed by atoms with Crippen molar-refractivity contribution >= 4 is 44.1 Å². The highest BCUT2D eigenvalue weighted by atomic mass is 16.3. The Hall–Kier alpha value is -3.73. The van der Waals surface area contributed by atoms with E-state index in [1.807, 2.05) is 18.2 Å². The number of nitrogens with zero attached hydrogens (tertiary/aromatic N) is 3. The summed E-state index contributed by atoms with van der Waals surface area (Å²) in [4.78, 5) is 13.0. The van der Waals surface area contributed by atoms with Crippen LogP contribution in [0.2, 0.25) is 0 Å². The Labute approximate surface area is 178 Å². The van der Waals surface area contributed by atoms with Gasteiger partial charge in [0.25, 0.3) is 0 Å². The lowest BCUT2D eigenvalue weighted by Gasteiger charge is -2.06. The molecular formula is C24H17N3O2. The van der Waals surface area contributed by atoms with Crippen LogP contribution in [-0.2, 0) is 0 Å². The van der Waals surface area contributed by atoms with Gasteiger partial charge in [0.05, 0.1) is 22.0 Å². The molecule has 0 N–H and O–H groups in total. The highest BCUT2D eigenvalue weighted by molar-refractivity contribution is 6.14. The Morgan fingerprint density at radius 3 is 2.69 bits per heavy atom. The molecule has 29 heavy (non-hydrogen) atoms.